The molecule has 0 saturated heterocycles. The predicted octanol–water partition coefficient (Wildman–Crippen LogP) is 2.38. The maximum absolute atomic E-state index is 13.6. The zero-order valence-electron chi connectivity index (χ0n) is 11.0. The minimum absolute atomic E-state index is 0.136. The van der Waals surface area contributed by atoms with Crippen molar-refractivity contribution in [3.8, 4) is 0 Å². The number of nitrogens with zero attached hydrogens (tertiary/aromatic N) is 1. The summed E-state index contributed by atoms with van der Waals surface area (Å²) in [6.07, 6.45) is -1.38. The first-order valence-corrected chi connectivity index (χ1v) is 8.27. The van der Waals surface area contributed by atoms with Crippen molar-refractivity contribution in [1.82, 2.24) is 4.31 Å². The molecule has 0 aliphatic heterocycles. The Kier molecular flexibility index (Phi) is 4.72. The van der Waals surface area contributed by atoms with E-state index < -0.39 is 27.8 Å². The van der Waals surface area contributed by atoms with Crippen molar-refractivity contribution in [3.05, 3.63) is 52.9 Å². The van der Waals surface area contributed by atoms with E-state index in [4.69, 9.17) is 0 Å². The van der Waals surface area contributed by atoms with Gasteiger partial charge in [0.25, 0.3) is 10.0 Å². The zero-order chi connectivity index (χ0) is 15.6. The molecular formula is C13H13F2NO3S2. The second-order valence-corrected chi connectivity index (χ2v) is 7.62. The molecule has 1 N–H and O–H groups in total. The van der Waals surface area contributed by atoms with Crippen LogP contribution in [0, 0.1) is 11.6 Å². The van der Waals surface area contributed by atoms with E-state index in [-0.39, 0.29) is 16.3 Å². The van der Waals surface area contributed by atoms with Crippen molar-refractivity contribution < 1.29 is 22.3 Å². The second-order valence-electron chi connectivity index (χ2n) is 4.40. The van der Waals surface area contributed by atoms with E-state index in [1.807, 2.05) is 0 Å². The quantitative estimate of drug-likeness (QED) is 0.914. The average Bonchev–Trinajstić information content (AvgIpc) is 2.92. The third-order valence-electron chi connectivity index (χ3n) is 2.91. The largest absolute Gasteiger partial charge is 0.387 e. The summed E-state index contributed by atoms with van der Waals surface area (Å²) < 4.78 is 51.8. The van der Waals surface area contributed by atoms with Crippen molar-refractivity contribution in [1.29, 1.82) is 0 Å². The van der Waals surface area contributed by atoms with Gasteiger partial charge in [0.1, 0.15) is 15.8 Å². The fourth-order valence-electron chi connectivity index (χ4n) is 1.78. The molecule has 0 spiro atoms. The van der Waals surface area contributed by atoms with Crippen LogP contribution in [0.5, 0.6) is 0 Å². The molecular weight excluding hydrogens is 320 g/mol. The van der Waals surface area contributed by atoms with Crippen molar-refractivity contribution >= 4 is 21.4 Å². The van der Waals surface area contributed by atoms with Crippen LogP contribution in [0.15, 0.2) is 39.9 Å². The summed E-state index contributed by atoms with van der Waals surface area (Å²) in [6.45, 7) is -0.331. The van der Waals surface area contributed by atoms with Crippen LogP contribution >= 0.6 is 11.3 Å². The molecule has 1 aromatic carbocycles. The molecule has 2 rings (SSSR count). The number of benzene rings is 1. The summed E-state index contributed by atoms with van der Waals surface area (Å²) in [6, 6.07) is 5.80. The normalized spacial score (nSPS) is 13.6. The van der Waals surface area contributed by atoms with Crippen molar-refractivity contribution in [2.45, 2.75) is 10.3 Å². The highest BCUT2D eigenvalue weighted by Gasteiger charge is 2.25. The molecule has 0 fully saturated rings. The lowest BCUT2D eigenvalue weighted by atomic mass is 10.1. The highest BCUT2D eigenvalue weighted by atomic mass is 32.2. The van der Waals surface area contributed by atoms with Gasteiger partial charge in [0.05, 0.1) is 6.10 Å². The van der Waals surface area contributed by atoms with Crippen LogP contribution in [-0.4, -0.2) is 31.4 Å². The van der Waals surface area contributed by atoms with Gasteiger partial charge in [-0.2, -0.15) is 4.31 Å². The minimum Gasteiger partial charge on any atom is -0.387 e. The number of rotatable bonds is 5. The highest BCUT2D eigenvalue weighted by Crippen LogP contribution is 2.24. The maximum Gasteiger partial charge on any atom is 0.252 e. The molecule has 4 nitrogen and oxygen atoms in total. The monoisotopic (exact) mass is 333 g/mol. The first-order chi connectivity index (χ1) is 9.82. The molecule has 1 aromatic heterocycles. The molecule has 0 aliphatic rings. The summed E-state index contributed by atoms with van der Waals surface area (Å²) in [5.41, 5.74) is -0.148. The average molecular weight is 333 g/mol. The fourth-order valence-corrected chi connectivity index (χ4v) is 4.15. The second kappa shape index (κ2) is 6.18. The van der Waals surface area contributed by atoms with E-state index >= 15 is 0 Å². The van der Waals surface area contributed by atoms with Gasteiger partial charge in [-0.1, -0.05) is 12.1 Å². The van der Waals surface area contributed by atoms with Crippen molar-refractivity contribution in [3.63, 3.8) is 0 Å². The number of thiophene rings is 1. The standard InChI is InChI=1S/C13H13F2NO3S2/c1-16(21(18,19)13-3-2-6-20-13)8-12(17)10-5-4-9(14)7-11(10)15/h2-7,12,17H,8H2,1H3. The van der Waals surface area contributed by atoms with Crippen LogP contribution in [0.3, 0.4) is 0 Å². The lowest BCUT2D eigenvalue weighted by molar-refractivity contribution is 0.150. The van der Waals surface area contributed by atoms with Gasteiger partial charge in [0.15, 0.2) is 0 Å². The predicted molar refractivity (Wildman–Crippen MR) is 75.5 cm³/mol. The van der Waals surface area contributed by atoms with Gasteiger partial charge in [-0.15, -0.1) is 11.3 Å². The van der Waals surface area contributed by atoms with Crippen LogP contribution in [0.4, 0.5) is 8.78 Å². The van der Waals surface area contributed by atoms with Gasteiger partial charge >= 0.3 is 0 Å². The van der Waals surface area contributed by atoms with Gasteiger partial charge in [0, 0.05) is 25.2 Å². The molecule has 0 amide bonds. The van der Waals surface area contributed by atoms with Crippen LogP contribution in [0.1, 0.15) is 11.7 Å². The number of likely N-dealkylation sites (N-methyl/N-ethyl adjacent to an activating group) is 1. The van der Waals surface area contributed by atoms with Gasteiger partial charge in [-0.05, 0) is 17.5 Å². The van der Waals surface area contributed by atoms with E-state index in [9.17, 15) is 22.3 Å². The number of halogens is 2. The summed E-state index contributed by atoms with van der Waals surface area (Å²) in [5, 5.41) is 11.6. The third kappa shape index (κ3) is 3.46. The molecule has 1 unspecified atom stereocenters. The third-order valence-corrected chi connectivity index (χ3v) is 6.11. The van der Waals surface area contributed by atoms with Crippen LogP contribution < -0.4 is 0 Å². The number of hydrogen-bond donors (Lipinski definition) is 1. The van der Waals surface area contributed by atoms with Gasteiger partial charge in [-0.25, -0.2) is 17.2 Å². The summed E-state index contributed by atoms with van der Waals surface area (Å²) in [4.78, 5) is 0. The lowest BCUT2D eigenvalue weighted by Gasteiger charge is -2.20. The van der Waals surface area contributed by atoms with Crippen LogP contribution in [0.2, 0.25) is 0 Å². The van der Waals surface area contributed by atoms with Gasteiger partial charge < -0.3 is 5.11 Å². The van der Waals surface area contributed by atoms with Gasteiger partial charge in [0.2, 0.25) is 0 Å². The maximum atomic E-state index is 13.6. The van der Waals surface area contributed by atoms with Gasteiger partial charge in [-0.3, -0.25) is 0 Å². The number of sulfonamides is 1. The van der Waals surface area contributed by atoms with Crippen molar-refractivity contribution in [2.24, 2.45) is 0 Å². The SMILES string of the molecule is CN(CC(O)c1ccc(F)cc1F)S(=O)(=O)c1cccs1. The molecule has 0 aliphatic carbocycles. The molecule has 0 saturated carbocycles. The Morgan fingerprint density at radius 2 is 2.05 bits per heavy atom. The van der Waals surface area contributed by atoms with E-state index in [0.29, 0.717) is 6.07 Å². The summed E-state index contributed by atoms with van der Waals surface area (Å²) >= 11 is 1.05. The molecule has 21 heavy (non-hydrogen) atoms. The lowest BCUT2D eigenvalue weighted by Crippen LogP contribution is -2.31. The Morgan fingerprint density at radius 3 is 2.62 bits per heavy atom. The van der Waals surface area contributed by atoms with E-state index in [0.717, 1.165) is 27.8 Å². The van der Waals surface area contributed by atoms with Crippen LogP contribution in [0.25, 0.3) is 0 Å². The molecule has 8 heteroatoms. The van der Waals surface area contributed by atoms with E-state index in [2.05, 4.69) is 0 Å². The van der Waals surface area contributed by atoms with E-state index in [1.54, 1.807) is 11.4 Å². The zero-order valence-corrected chi connectivity index (χ0v) is 12.7. The molecule has 1 heterocycles. The minimum atomic E-state index is -3.72. The molecule has 114 valence electrons. The topological polar surface area (TPSA) is 57.6 Å². The summed E-state index contributed by atoms with van der Waals surface area (Å²) in [7, 11) is -2.43. The molecule has 0 bridgehead atoms. The first-order valence-electron chi connectivity index (χ1n) is 5.95. The Balaban J connectivity index is 2.17. The number of hydrogen-bond acceptors (Lipinski definition) is 4. The molecule has 0 radical (unpaired) electrons. The Bertz CT molecular complexity index is 717. The number of aliphatic hydroxyl groups excluding tert-OH is 1. The Labute approximate surface area is 125 Å². The Morgan fingerprint density at radius 1 is 1.33 bits per heavy atom. The Hall–Kier alpha value is -1.35. The van der Waals surface area contributed by atoms with Crippen LogP contribution in [-0.2, 0) is 10.0 Å². The fraction of sp³-hybridized carbons (Fsp3) is 0.231. The molecule has 1 atom stereocenters. The highest BCUT2D eigenvalue weighted by molar-refractivity contribution is 7.91. The first kappa shape index (κ1) is 16.0. The number of aliphatic hydroxyl groups is 1. The summed E-state index contributed by atoms with van der Waals surface area (Å²) in [5.74, 6) is -1.67. The van der Waals surface area contributed by atoms with Crippen molar-refractivity contribution in [2.75, 3.05) is 13.6 Å². The smallest absolute Gasteiger partial charge is 0.252 e. The molecule has 2 aromatic rings. The van der Waals surface area contributed by atoms with E-state index in [1.165, 1.54) is 13.1 Å².